The van der Waals surface area contributed by atoms with E-state index in [1.54, 1.807) is 0 Å². The monoisotopic (exact) mass is 301 g/mol. The summed E-state index contributed by atoms with van der Waals surface area (Å²) in [7, 11) is 0. The minimum Gasteiger partial charge on any atom is -0.481 e. The lowest BCUT2D eigenvalue weighted by Gasteiger charge is -2.17. The lowest BCUT2D eigenvalue weighted by atomic mass is 10.1. The van der Waals surface area contributed by atoms with Crippen LogP contribution in [0.5, 0.6) is 5.75 Å². The zero-order valence-corrected chi connectivity index (χ0v) is 13.0. The third-order valence-electron chi connectivity index (χ3n) is 3.24. The summed E-state index contributed by atoms with van der Waals surface area (Å²) < 4.78 is 18.5. The third kappa shape index (κ3) is 4.32. The molecular formula is C18H20FNO2. The summed E-state index contributed by atoms with van der Waals surface area (Å²) in [5.74, 6) is -0.0688. The number of anilines is 1. The van der Waals surface area contributed by atoms with E-state index in [2.05, 4.69) is 5.32 Å². The Morgan fingerprint density at radius 3 is 2.27 bits per heavy atom. The second kappa shape index (κ2) is 7.07. The average Bonchev–Trinajstić information content (AvgIpc) is 2.45. The molecule has 3 nitrogen and oxygen atoms in total. The Labute approximate surface area is 130 Å². The largest absolute Gasteiger partial charge is 0.481 e. The molecule has 1 N–H and O–H groups in total. The molecule has 0 saturated carbocycles. The first-order valence-corrected chi connectivity index (χ1v) is 7.29. The van der Waals surface area contributed by atoms with Gasteiger partial charge in [0, 0.05) is 5.69 Å². The Morgan fingerprint density at radius 2 is 1.73 bits per heavy atom. The molecule has 0 fully saturated rings. The Bertz CT molecular complexity index is 632. The van der Waals surface area contributed by atoms with Crippen LogP contribution in [0.15, 0.2) is 42.5 Å². The van der Waals surface area contributed by atoms with Crippen molar-refractivity contribution in [1.29, 1.82) is 0 Å². The first kappa shape index (κ1) is 16.0. The van der Waals surface area contributed by atoms with E-state index < -0.39 is 6.10 Å². The lowest BCUT2D eigenvalue weighted by molar-refractivity contribution is -0.122. The van der Waals surface area contributed by atoms with Crippen LogP contribution < -0.4 is 10.1 Å². The average molecular weight is 301 g/mol. The number of ether oxygens (including phenoxy) is 1. The van der Waals surface area contributed by atoms with Crippen LogP contribution in [0.3, 0.4) is 0 Å². The number of hydrogen-bond acceptors (Lipinski definition) is 2. The summed E-state index contributed by atoms with van der Waals surface area (Å²) in [6.45, 7) is 5.83. The Morgan fingerprint density at radius 1 is 1.14 bits per heavy atom. The topological polar surface area (TPSA) is 38.3 Å². The lowest BCUT2D eigenvalue weighted by Crippen LogP contribution is -2.32. The second-order valence-corrected chi connectivity index (χ2v) is 5.33. The molecule has 0 radical (unpaired) electrons. The zero-order chi connectivity index (χ0) is 16.1. The van der Waals surface area contributed by atoms with Crippen LogP contribution in [0, 0.1) is 19.7 Å². The van der Waals surface area contributed by atoms with E-state index >= 15 is 0 Å². The molecule has 1 amide bonds. The van der Waals surface area contributed by atoms with Crippen LogP contribution in [-0.4, -0.2) is 12.0 Å². The molecule has 2 rings (SSSR count). The van der Waals surface area contributed by atoms with Crippen LogP contribution >= 0.6 is 0 Å². The van der Waals surface area contributed by atoms with E-state index in [-0.39, 0.29) is 11.7 Å². The molecule has 4 heteroatoms. The Hall–Kier alpha value is -2.36. The van der Waals surface area contributed by atoms with Gasteiger partial charge in [-0.15, -0.1) is 0 Å². The molecule has 0 saturated heterocycles. The highest BCUT2D eigenvalue weighted by Gasteiger charge is 2.18. The number of rotatable bonds is 5. The van der Waals surface area contributed by atoms with Gasteiger partial charge >= 0.3 is 0 Å². The molecule has 2 aromatic rings. The zero-order valence-electron chi connectivity index (χ0n) is 13.0. The van der Waals surface area contributed by atoms with E-state index in [0.717, 1.165) is 16.8 Å². The molecule has 0 spiro atoms. The minimum atomic E-state index is -0.619. The molecule has 2 aromatic carbocycles. The first-order chi connectivity index (χ1) is 10.5. The molecule has 1 atom stereocenters. The number of hydrogen-bond donors (Lipinski definition) is 1. The summed E-state index contributed by atoms with van der Waals surface area (Å²) in [5, 5.41) is 2.87. The fourth-order valence-corrected chi connectivity index (χ4v) is 2.27. The van der Waals surface area contributed by atoms with Gasteiger partial charge in [0.15, 0.2) is 6.10 Å². The molecule has 0 unspecified atom stereocenters. The number of carbonyl (C=O) groups is 1. The first-order valence-electron chi connectivity index (χ1n) is 7.29. The van der Waals surface area contributed by atoms with Gasteiger partial charge in [-0.05, 0) is 67.8 Å². The summed E-state index contributed by atoms with van der Waals surface area (Å²) in [5.41, 5.74) is 2.93. The van der Waals surface area contributed by atoms with E-state index in [9.17, 15) is 9.18 Å². The molecule has 0 bridgehead atoms. The Balaban J connectivity index is 2.06. The van der Waals surface area contributed by atoms with Crippen molar-refractivity contribution in [2.24, 2.45) is 0 Å². The quantitative estimate of drug-likeness (QED) is 0.897. The fourth-order valence-electron chi connectivity index (χ4n) is 2.27. The number of aryl methyl sites for hydroxylation is 2. The summed E-state index contributed by atoms with van der Waals surface area (Å²) in [4.78, 5) is 12.3. The normalized spacial score (nSPS) is 11.8. The van der Waals surface area contributed by atoms with Crippen molar-refractivity contribution in [3.05, 3.63) is 59.4 Å². The highest BCUT2D eigenvalue weighted by molar-refractivity contribution is 5.94. The molecule has 0 heterocycles. The molecule has 0 aliphatic heterocycles. The molecule has 0 aromatic heterocycles. The van der Waals surface area contributed by atoms with Crippen molar-refractivity contribution < 1.29 is 13.9 Å². The van der Waals surface area contributed by atoms with E-state index in [1.807, 2.05) is 39.0 Å². The van der Waals surface area contributed by atoms with Crippen molar-refractivity contribution in [3.8, 4) is 5.75 Å². The van der Waals surface area contributed by atoms with E-state index in [0.29, 0.717) is 12.2 Å². The predicted octanol–water partition coefficient (Wildman–Crippen LogP) is 4.24. The maximum absolute atomic E-state index is 12.9. The standard InChI is InChI=1S/C18H20FNO2/c1-4-17(22-16-7-5-14(19)6-8-16)18(21)20-15-10-12(2)9-13(3)11-15/h5-11,17H,4H2,1-3H3,(H,20,21)/t17-/m0/s1. The van der Waals surface area contributed by atoms with E-state index in [1.165, 1.54) is 24.3 Å². The van der Waals surface area contributed by atoms with Crippen LogP contribution in [-0.2, 0) is 4.79 Å². The number of benzene rings is 2. The third-order valence-corrected chi connectivity index (χ3v) is 3.24. The van der Waals surface area contributed by atoms with Gasteiger partial charge in [-0.3, -0.25) is 4.79 Å². The van der Waals surface area contributed by atoms with Crippen molar-refractivity contribution in [2.45, 2.75) is 33.3 Å². The predicted molar refractivity (Wildman–Crippen MR) is 85.7 cm³/mol. The van der Waals surface area contributed by atoms with Gasteiger partial charge in [-0.1, -0.05) is 13.0 Å². The van der Waals surface area contributed by atoms with Crippen molar-refractivity contribution in [3.63, 3.8) is 0 Å². The molecule has 116 valence electrons. The smallest absolute Gasteiger partial charge is 0.265 e. The SMILES string of the molecule is CC[C@H](Oc1ccc(F)cc1)C(=O)Nc1cc(C)cc(C)c1. The summed E-state index contributed by atoms with van der Waals surface area (Å²) in [6, 6.07) is 11.5. The summed E-state index contributed by atoms with van der Waals surface area (Å²) >= 11 is 0. The van der Waals surface area contributed by atoms with Gasteiger partial charge in [-0.2, -0.15) is 0 Å². The van der Waals surface area contributed by atoms with Crippen molar-refractivity contribution >= 4 is 11.6 Å². The molecule has 0 aliphatic carbocycles. The highest BCUT2D eigenvalue weighted by Crippen LogP contribution is 2.17. The van der Waals surface area contributed by atoms with Gasteiger partial charge in [-0.25, -0.2) is 4.39 Å². The van der Waals surface area contributed by atoms with Crippen LogP contribution in [0.25, 0.3) is 0 Å². The number of nitrogens with one attached hydrogen (secondary N) is 1. The van der Waals surface area contributed by atoms with Gasteiger partial charge in [0.2, 0.25) is 0 Å². The van der Waals surface area contributed by atoms with Crippen LogP contribution in [0.2, 0.25) is 0 Å². The van der Waals surface area contributed by atoms with Gasteiger partial charge in [0.25, 0.3) is 5.91 Å². The maximum atomic E-state index is 12.9. The number of amides is 1. The number of halogens is 1. The van der Waals surface area contributed by atoms with Crippen molar-refractivity contribution in [1.82, 2.24) is 0 Å². The van der Waals surface area contributed by atoms with Crippen molar-refractivity contribution in [2.75, 3.05) is 5.32 Å². The molecular weight excluding hydrogens is 281 g/mol. The van der Waals surface area contributed by atoms with E-state index in [4.69, 9.17) is 4.74 Å². The minimum absolute atomic E-state index is 0.211. The highest BCUT2D eigenvalue weighted by atomic mass is 19.1. The Kier molecular flexibility index (Phi) is 5.15. The van der Waals surface area contributed by atoms with Crippen LogP contribution in [0.1, 0.15) is 24.5 Å². The molecule has 22 heavy (non-hydrogen) atoms. The van der Waals surface area contributed by atoms with Gasteiger partial charge in [0.1, 0.15) is 11.6 Å². The molecule has 0 aliphatic rings. The van der Waals surface area contributed by atoms with Gasteiger partial charge < -0.3 is 10.1 Å². The second-order valence-electron chi connectivity index (χ2n) is 5.33. The number of carbonyl (C=O) groups excluding carboxylic acids is 1. The van der Waals surface area contributed by atoms with Crippen LogP contribution in [0.4, 0.5) is 10.1 Å². The van der Waals surface area contributed by atoms with Gasteiger partial charge in [0.05, 0.1) is 0 Å². The fraction of sp³-hybridized carbons (Fsp3) is 0.278. The summed E-state index contributed by atoms with van der Waals surface area (Å²) in [6.07, 6.45) is -0.0974. The maximum Gasteiger partial charge on any atom is 0.265 e.